The third-order valence-electron chi connectivity index (χ3n) is 2.23. The van der Waals surface area contributed by atoms with E-state index in [4.69, 9.17) is 5.84 Å². The number of hydrazine groups is 1. The van der Waals surface area contributed by atoms with Crippen LogP contribution in [-0.2, 0) is 0 Å². The second-order valence-electron chi connectivity index (χ2n) is 3.52. The van der Waals surface area contributed by atoms with Gasteiger partial charge in [0.05, 0.1) is 5.69 Å². The minimum absolute atomic E-state index is 0.563. The summed E-state index contributed by atoms with van der Waals surface area (Å²) in [5.74, 6) is 6.63. The number of thioether (sulfide) groups is 1. The maximum absolute atomic E-state index is 5.40. The van der Waals surface area contributed by atoms with Gasteiger partial charge in [-0.1, -0.05) is 27.7 Å². The van der Waals surface area contributed by atoms with Crippen LogP contribution in [0.3, 0.4) is 0 Å². The van der Waals surface area contributed by atoms with Crippen molar-refractivity contribution in [2.75, 3.05) is 17.0 Å². The van der Waals surface area contributed by atoms with E-state index < -0.39 is 0 Å². The standard InChI is InChI=1S/C11H11Br2N5S/c1-19-11-16-9(5-10(17-11)18-14)15-8-4-6(12)2-3-7(8)13/h2-5H,14H2,1H3,(H2,15,16,17,18). The van der Waals surface area contributed by atoms with Crippen LogP contribution in [0.25, 0.3) is 0 Å². The van der Waals surface area contributed by atoms with E-state index >= 15 is 0 Å². The summed E-state index contributed by atoms with van der Waals surface area (Å²) in [7, 11) is 0. The number of halogens is 2. The zero-order valence-electron chi connectivity index (χ0n) is 9.95. The molecule has 0 bridgehead atoms. The monoisotopic (exact) mass is 403 g/mol. The molecule has 0 aliphatic heterocycles. The highest BCUT2D eigenvalue weighted by Gasteiger charge is 2.06. The third kappa shape index (κ3) is 3.82. The van der Waals surface area contributed by atoms with Crippen molar-refractivity contribution in [2.45, 2.75) is 5.16 Å². The van der Waals surface area contributed by atoms with E-state index in [1.807, 2.05) is 24.5 Å². The predicted octanol–water partition coefficient (Wildman–Crippen LogP) is 3.75. The minimum atomic E-state index is 0.563. The molecule has 0 amide bonds. The van der Waals surface area contributed by atoms with Crippen molar-refractivity contribution in [2.24, 2.45) is 5.84 Å². The van der Waals surface area contributed by atoms with Crippen molar-refractivity contribution >= 4 is 60.9 Å². The number of hydrogen-bond acceptors (Lipinski definition) is 6. The number of nitrogens with zero attached hydrogens (tertiary/aromatic N) is 2. The quantitative estimate of drug-likeness (QED) is 0.312. The second kappa shape index (κ2) is 6.56. The molecule has 0 atom stereocenters. The average molecular weight is 405 g/mol. The van der Waals surface area contributed by atoms with E-state index in [0.717, 1.165) is 14.6 Å². The summed E-state index contributed by atoms with van der Waals surface area (Å²) in [4.78, 5) is 8.58. The van der Waals surface area contributed by atoms with Gasteiger partial charge >= 0.3 is 0 Å². The van der Waals surface area contributed by atoms with Crippen molar-refractivity contribution in [1.29, 1.82) is 0 Å². The lowest BCUT2D eigenvalue weighted by atomic mass is 10.3. The molecule has 5 nitrogen and oxygen atoms in total. The van der Waals surface area contributed by atoms with Crippen LogP contribution in [0.15, 0.2) is 38.4 Å². The molecule has 1 aromatic heterocycles. The number of nitrogen functional groups attached to an aromatic ring is 1. The lowest BCUT2D eigenvalue weighted by Gasteiger charge is -2.10. The van der Waals surface area contributed by atoms with E-state index in [2.05, 4.69) is 52.6 Å². The van der Waals surface area contributed by atoms with Gasteiger partial charge in [0.1, 0.15) is 11.6 Å². The smallest absolute Gasteiger partial charge is 0.191 e. The highest BCUT2D eigenvalue weighted by molar-refractivity contribution is 9.11. The van der Waals surface area contributed by atoms with Gasteiger partial charge in [-0.2, -0.15) is 0 Å². The molecule has 0 aliphatic rings. The first-order chi connectivity index (χ1) is 9.12. The summed E-state index contributed by atoms with van der Waals surface area (Å²) < 4.78 is 1.93. The fourth-order valence-corrected chi connectivity index (χ4v) is 2.47. The number of nitrogens with two attached hydrogens (primary N) is 1. The Balaban J connectivity index is 2.34. The lowest BCUT2D eigenvalue weighted by molar-refractivity contribution is 0.971. The van der Waals surface area contributed by atoms with Crippen LogP contribution in [0.4, 0.5) is 17.3 Å². The molecule has 19 heavy (non-hydrogen) atoms. The molecule has 0 saturated heterocycles. The average Bonchev–Trinajstić information content (AvgIpc) is 2.42. The molecule has 2 rings (SSSR count). The maximum atomic E-state index is 5.40. The van der Waals surface area contributed by atoms with Crippen LogP contribution in [0.1, 0.15) is 0 Å². The number of anilines is 3. The Morgan fingerprint density at radius 1 is 1.16 bits per heavy atom. The Morgan fingerprint density at radius 3 is 2.58 bits per heavy atom. The normalized spacial score (nSPS) is 10.3. The van der Waals surface area contributed by atoms with Crippen LogP contribution >= 0.6 is 43.6 Å². The Hall–Kier alpha value is -0.830. The van der Waals surface area contributed by atoms with Gasteiger partial charge < -0.3 is 10.7 Å². The summed E-state index contributed by atoms with van der Waals surface area (Å²) in [6, 6.07) is 7.61. The van der Waals surface area contributed by atoms with Crippen LogP contribution in [-0.4, -0.2) is 16.2 Å². The van der Waals surface area contributed by atoms with Gasteiger partial charge in [-0.3, -0.25) is 0 Å². The minimum Gasteiger partial charge on any atom is -0.339 e. The number of rotatable bonds is 4. The fraction of sp³-hybridized carbons (Fsp3) is 0.0909. The number of nitrogens with one attached hydrogen (secondary N) is 2. The van der Waals surface area contributed by atoms with Gasteiger partial charge in [-0.05, 0) is 40.4 Å². The Labute approximate surface area is 132 Å². The largest absolute Gasteiger partial charge is 0.339 e. The number of aromatic nitrogens is 2. The molecule has 0 spiro atoms. The zero-order valence-corrected chi connectivity index (χ0v) is 13.9. The molecule has 2 aromatic rings. The van der Waals surface area contributed by atoms with Gasteiger partial charge in [0.25, 0.3) is 0 Å². The molecular weight excluding hydrogens is 394 g/mol. The van der Waals surface area contributed by atoms with E-state index in [1.165, 1.54) is 11.8 Å². The van der Waals surface area contributed by atoms with Gasteiger partial charge in [0.2, 0.25) is 0 Å². The summed E-state index contributed by atoms with van der Waals surface area (Å²) in [5, 5.41) is 3.87. The van der Waals surface area contributed by atoms with Gasteiger partial charge in [-0.15, -0.1) is 0 Å². The van der Waals surface area contributed by atoms with Crippen molar-refractivity contribution in [3.05, 3.63) is 33.2 Å². The molecule has 4 N–H and O–H groups in total. The molecule has 100 valence electrons. The van der Waals surface area contributed by atoms with Crippen LogP contribution in [0, 0.1) is 0 Å². The molecule has 1 heterocycles. The first-order valence-electron chi connectivity index (χ1n) is 5.24. The summed E-state index contributed by atoms with van der Waals surface area (Å²) >= 11 is 8.37. The molecule has 0 radical (unpaired) electrons. The van der Waals surface area contributed by atoms with E-state index in [1.54, 1.807) is 6.07 Å². The first kappa shape index (κ1) is 14.6. The van der Waals surface area contributed by atoms with Crippen molar-refractivity contribution in [3.63, 3.8) is 0 Å². The van der Waals surface area contributed by atoms with Gasteiger partial charge in [-0.25, -0.2) is 15.8 Å². The molecule has 0 unspecified atom stereocenters. The maximum Gasteiger partial charge on any atom is 0.191 e. The molecule has 0 fully saturated rings. The highest BCUT2D eigenvalue weighted by atomic mass is 79.9. The molecule has 0 saturated carbocycles. The second-order valence-corrected chi connectivity index (χ2v) is 6.06. The Kier molecular flexibility index (Phi) is 5.03. The number of benzene rings is 1. The van der Waals surface area contributed by atoms with Gasteiger partial charge in [0.15, 0.2) is 5.16 Å². The summed E-state index contributed by atoms with van der Waals surface area (Å²) in [6.07, 6.45) is 1.91. The highest BCUT2D eigenvalue weighted by Crippen LogP contribution is 2.29. The third-order valence-corrected chi connectivity index (χ3v) is 3.96. The van der Waals surface area contributed by atoms with Gasteiger partial charge in [0, 0.05) is 15.0 Å². The topological polar surface area (TPSA) is 75.9 Å². The van der Waals surface area contributed by atoms with Crippen LogP contribution in [0.5, 0.6) is 0 Å². The van der Waals surface area contributed by atoms with Crippen LogP contribution < -0.4 is 16.6 Å². The summed E-state index contributed by atoms with van der Waals surface area (Å²) in [5.41, 5.74) is 3.43. The fourth-order valence-electron chi connectivity index (χ4n) is 1.39. The van der Waals surface area contributed by atoms with E-state index in [9.17, 15) is 0 Å². The van der Waals surface area contributed by atoms with Crippen molar-refractivity contribution in [1.82, 2.24) is 9.97 Å². The zero-order chi connectivity index (χ0) is 13.8. The predicted molar refractivity (Wildman–Crippen MR) is 86.7 cm³/mol. The molecular formula is C11H11Br2N5S. The van der Waals surface area contributed by atoms with E-state index in [0.29, 0.717) is 16.8 Å². The van der Waals surface area contributed by atoms with E-state index in [-0.39, 0.29) is 0 Å². The first-order valence-corrected chi connectivity index (χ1v) is 8.05. The van der Waals surface area contributed by atoms with Crippen LogP contribution in [0.2, 0.25) is 0 Å². The number of hydrogen-bond donors (Lipinski definition) is 3. The SMILES string of the molecule is CSc1nc(NN)cc(Nc2cc(Br)ccc2Br)n1. The lowest BCUT2D eigenvalue weighted by Crippen LogP contribution is -2.10. The van der Waals surface area contributed by atoms with Crippen molar-refractivity contribution in [3.8, 4) is 0 Å². The molecule has 1 aromatic carbocycles. The molecule has 0 aliphatic carbocycles. The molecule has 8 heteroatoms. The van der Waals surface area contributed by atoms with Crippen molar-refractivity contribution < 1.29 is 0 Å². The Bertz CT molecular complexity index is 571. The Morgan fingerprint density at radius 2 is 1.89 bits per heavy atom. The summed E-state index contributed by atoms with van der Waals surface area (Å²) in [6.45, 7) is 0.